The Labute approximate surface area is 140 Å². The predicted octanol–water partition coefficient (Wildman–Crippen LogP) is 2.80. The zero-order valence-corrected chi connectivity index (χ0v) is 14.9. The number of hydrogen-bond donors (Lipinski definition) is 1. The van der Waals surface area contributed by atoms with Gasteiger partial charge in [-0.25, -0.2) is 0 Å². The molecule has 3 rings (SSSR count). The molecule has 2 atom stereocenters. The monoisotopic (exact) mass is 333 g/mol. The Bertz CT molecular complexity index is 719. The Morgan fingerprint density at radius 2 is 2.22 bits per heavy atom. The molecule has 0 bridgehead atoms. The standard InChI is InChI=1S/C17H23N3O2S/c1-10-5-6-13(23-10)9-18-17(21)14-7-8-22-16(14)15-11(2)19-20(4)12(15)3/h5-6,14,16H,7-9H2,1-4H3,(H,18,21)/t14-,16-/m0/s1. The van der Waals surface area contributed by atoms with Crippen molar-refractivity contribution in [2.24, 2.45) is 13.0 Å². The van der Waals surface area contributed by atoms with Gasteiger partial charge in [-0.1, -0.05) is 0 Å². The third kappa shape index (κ3) is 3.19. The van der Waals surface area contributed by atoms with Crippen molar-refractivity contribution < 1.29 is 9.53 Å². The molecule has 1 aliphatic heterocycles. The quantitative estimate of drug-likeness (QED) is 0.936. The van der Waals surface area contributed by atoms with Crippen LogP contribution in [0.1, 0.15) is 39.2 Å². The molecule has 23 heavy (non-hydrogen) atoms. The molecule has 1 N–H and O–H groups in total. The van der Waals surface area contributed by atoms with Gasteiger partial charge in [-0.3, -0.25) is 9.48 Å². The molecule has 0 spiro atoms. The number of nitrogens with zero attached hydrogens (tertiary/aromatic N) is 2. The number of thiophene rings is 1. The molecule has 0 unspecified atom stereocenters. The molecular formula is C17H23N3O2S. The molecular weight excluding hydrogens is 310 g/mol. The average molecular weight is 333 g/mol. The maximum Gasteiger partial charge on any atom is 0.226 e. The van der Waals surface area contributed by atoms with Gasteiger partial charge in [0.1, 0.15) is 0 Å². The van der Waals surface area contributed by atoms with Crippen LogP contribution in [0.15, 0.2) is 12.1 Å². The first-order valence-corrected chi connectivity index (χ1v) is 8.73. The van der Waals surface area contributed by atoms with Crippen LogP contribution in [0.4, 0.5) is 0 Å². The molecule has 124 valence electrons. The van der Waals surface area contributed by atoms with Gasteiger partial charge >= 0.3 is 0 Å². The van der Waals surface area contributed by atoms with Gasteiger partial charge in [0.05, 0.1) is 24.3 Å². The first-order chi connectivity index (χ1) is 11.0. The fraction of sp³-hybridized carbons (Fsp3) is 0.529. The van der Waals surface area contributed by atoms with Crippen LogP contribution in [-0.4, -0.2) is 22.3 Å². The minimum atomic E-state index is -0.186. The summed E-state index contributed by atoms with van der Waals surface area (Å²) in [4.78, 5) is 15.1. The molecule has 3 heterocycles. The van der Waals surface area contributed by atoms with Gasteiger partial charge in [-0.2, -0.15) is 5.10 Å². The van der Waals surface area contributed by atoms with E-state index in [-0.39, 0.29) is 17.9 Å². The van der Waals surface area contributed by atoms with Crippen molar-refractivity contribution in [3.05, 3.63) is 38.8 Å². The highest BCUT2D eigenvalue weighted by molar-refractivity contribution is 7.11. The summed E-state index contributed by atoms with van der Waals surface area (Å²) in [7, 11) is 1.93. The zero-order chi connectivity index (χ0) is 16.6. The summed E-state index contributed by atoms with van der Waals surface area (Å²) in [5.41, 5.74) is 3.08. The number of aromatic nitrogens is 2. The highest BCUT2D eigenvalue weighted by atomic mass is 32.1. The third-order valence-corrected chi connectivity index (χ3v) is 5.51. The number of ether oxygens (including phenoxy) is 1. The summed E-state index contributed by atoms with van der Waals surface area (Å²) < 4.78 is 7.75. The van der Waals surface area contributed by atoms with Crippen molar-refractivity contribution in [2.45, 2.75) is 39.8 Å². The second kappa shape index (κ2) is 6.45. The predicted molar refractivity (Wildman–Crippen MR) is 90.4 cm³/mol. The molecule has 2 aromatic heterocycles. The molecule has 0 radical (unpaired) electrons. The van der Waals surface area contributed by atoms with E-state index in [1.807, 2.05) is 25.6 Å². The van der Waals surface area contributed by atoms with E-state index in [0.29, 0.717) is 13.2 Å². The number of aryl methyl sites for hydroxylation is 3. The number of carbonyl (C=O) groups excluding carboxylic acids is 1. The number of amides is 1. The summed E-state index contributed by atoms with van der Waals surface area (Å²) in [6.45, 7) is 7.29. The lowest BCUT2D eigenvalue weighted by atomic mass is 9.93. The van der Waals surface area contributed by atoms with Gasteiger partial charge < -0.3 is 10.1 Å². The smallest absolute Gasteiger partial charge is 0.226 e. The largest absolute Gasteiger partial charge is 0.373 e. The van der Waals surface area contributed by atoms with Gasteiger partial charge in [-0.05, 0) is 39.3 Å². The van der Waals surface area contributed by atoms with Crippen molar-refractivity contribution >= 4 is 17.2 Å². The van der Waals surface area contributed by atoms with E-state index in [9.17, 15) is 4.79 Å². The molecule has 1 amide bonds. The molecule has 0 saturated carbocycles. The van der Waals surface area contributed by atoms with E-state index >= 15 is 0 Å². The lowest BCUT2D eigenvalue weighted by Crippen LogP contribution is -2.32. The Kier molecular flexibility index (Phi) is 4.55. The fourth-order valence-electron chi connectivity index (χ4n) is 3.23. The van der Waals surface area contributed by atoms with E-state index in [0.717, 1.165) is 23.4 Å². The van der Waals surface area contributed by atoms with E-state index in [4.69, 9.17) is 4.74 Å². The summed E-state index contributed by atoms with van der Waals surface area (Å²) >= 11 is 1.72. The topological polar surface area (TPSA) is 56.1 Å². The molecule has 1 saturated heterocycles. The lowest BCUT2D eigenvalue weighted by Gasteiger charge is -2.18. The summed E-state index contributed by atoms with van der Waals surface area (Å²) in [5, 5.41) is 7.52. The van der Waals surface area contributed by atoms with Crippen molar-refractivity contribution in [3.63, 3.8) is 0 Å². The van der Waals surface area contributed by atoms with Crippen LogP contribution >= 0.6 is 11.3 Å². The Balaban J connectivity index is 1.72. The Morgan fingerprint density at radius 1 is 1.43 bits per heavy atom. The van der Waals surface area contributed by atoms with Crippen molar-refractivity contribution in [1.82, 2.24) is 15.1 Å². The fourth-order valence-corrected chi connectivity index (χ4v) is 4.06. The summed E-state index contributed by atoms with van der Waals surface area (Å²) in [6.07, 6.45) is 0.571. The van der Waals surface area contributed by atoms with Crippen LogP contribution in [0.3, 0.4) is 0 Å². The normalized spacial score (nSPS) is 20.9. The second-order valence-corrected chi connectivity index (χ2v) is 7.50. The third-order valence-electron chi connectivity index (χ3n) is 4.51. The SMILES string of the molecule is Cc1ccc(CNC(=O)[C@H]2CCO[C@@H]2c2c(C)nn(C)c2C)s1. The van der Waals surface area contributed by atoms with Crippen LogP contribution in [0.2, 0.25) is 0 Å². The maximum atomic E-state index is 12.6. The summed E-state index contributed by atoms with van der Waals surface area (Å²) in [5.74, 6) is -0.0705. The van der Waals surface area contributed by atoms with Gasteiger partial charge in [0.2, 0.25) is 5.91 Å². The minimum absolute atomic E-state index is 0.0706. The zero-order valence-electron chi connectivity index (χ0n) is 14.0. The Hall–Kier alpha value is -1.66. The number of rotatable bonds is 4. The second-order valence-electron chi connectivity index (χ2n) is 6.12. The van der Waals surface area contributed by atoms with Crippen LogP contribution in [0, 0.1) is 26.7 Å². The van der Waals surface area contributed by atoms with E-state index in [1.54, 1.807) is 11.3 Å². The van der Waals surface area contributed by atoms with Crippen molar-refractivity contribution in [1.29, 1.82) is 0 Å². The van der Waals surface area contributed by atoms with Gasteiger partial charge in [0.25, 0.3) is 0 Å². The van der Waals surface area contributed by atoms with E-state index in [2.05, 4.69) is 29.5 Å². The van der Waals surface area contributed by atoms with Gasteiger partial charge in [-0.15, -0.1) is 11.3 Å². The number of hydrogen-bond acceptors (Lipinski definition) is 4. The van der Waals surface area contributed by atoms with Gasteiger partial charge in [0.15, 0.2) is 0 Å². The first-order valence-electron chi connectivity index (χ1n) is 7.92. The van der Waals surface area contributed by atoms with Crippen LogP contribution in [0.5, 0.6) is 0 Å². The highest BCUT2D eigenvalue weighted by Crippen LogP contribution is 2.37. The van der Waals surface area contributed by atoms with Gasteiger partial charge in [0, 0.05) is 34.7 Å². The summed E-state index contributed by atoms with van der Waals surface area (Å²) in [6, 6.07) is 4.15. The maximum absolute atomic E-state index is 12.6. The molecule has 0 aromatic carbocycles. The molecule has 0 aliphatic carbocycles. The average Bonchev–Trinajstić information content (AvgIpc) is 3.18. The van der Waals surface area contributed by atoms with Crippen molar-refractivity contribution in [3.8, 4) is 0 Å². The van der Waals surface area contributed by atoms with E-state index < -0.39 is 0 Å². The number of nitrogens with one attached hydrogen (secondary N) is 1. The molecule has 1 fully saturated rings. The van der Waals surface area contributed by atoms with Crippen LogP contribution in [0.25, 0.3) is 0 Å². The van der Waals surface area contributed by atoms with Crippen LogP contribution < -0.4 is 5.32 Å². The number of carbonyl (C=O) groups is 1. The molecule has 6 heteroatoms. The first kappa shape index (κ1) is 16.2. The van der Waals surface area contributed by atoms with Crippen LogP contribution in [-0.2, 0) is 23.1 Å². The molecule has 2 aromatic rings. The molecule has 5 nitrogen and oxygen atoms in total. The highest BCUT2D eigenvalue weighted by Gasteiger charge is 2.38. The minimum Gasteiger partial charge on any atom is -0.373 e. The lowest BCUT2D eigenvalue weighted by molar-refractivity contribution is -0.126. The molecule has 1 aliphatic rings. The van der Waals surface area contributed by atoms with E-state index in [1.165, 1.54) is 9.75 Å². The Morgan fingerprint density at radius 3 is 2.83 bits per heavy atom. The van der Waals surface area contributed by atoms with Crippen molar-refractivity contribution in [2.75, 3.05) is 6.61 Å².